The maximum absolute atomic E-state index is 13.5. The van der Waals surface area contributed by atoms with Crippen LogP contribution in [0.5, 0.6) is 5.75 Å². The van der Waals surface area contributed by atoms with Crippen LogP contribution in [-0.4, -0.2) is 34.9 Å². The highest BCUT2D eigenvalue weighted by Crippen LogP contribution is 2.19. The first-order valence-electron chi connectivity index (χ1n) is 11.4. The van der Waals surface area contributed by atoms with Gasteiger partial charge in [0.05, 0.1) is 0 Å². The van der Waals surface area contributed by atoms with Crippen molar-refractivity contribution in [3.63, 3.8) is 0 Å². The molecule has 3 aromatic carbocycles. The number of nitrogens with zero attached hydrogens (tertiary/aromatic N) is 1. The molecule has 0 fully saturated rings. The normalized spacial score (nSPS) is 12.0. The van der Waals surface area contributed by atoms with Crippen LogP contribution in [0.4, 0.5) is 0 Å². The highest BCUT2D eigenvalue weighted by molar-refractivity contribution is 6.30. The van der Waals surface area contributed by atoms with Gasteiger partial charge in [0, 0.05) is 28.5 Å². The fourth-order valence-corrected chi connectivity index (χ4v) is 3.80. The molecule has 3 aromatic rings. The molecule has 7 heteroatoms. The largest absolute Gasteiger partial charge is 0.484 e. The molecule has 0 aliphatic heterocycles. The summed E-state index contributed by atoms with van der Waals surface area (Å²) in [6.45, 7) is 5.76. The number of hydrogen-bond donors (Lipinski definition) is 1. The summed E-state index contributed by atoms with van der Waals surface area (Å²) < 4.78 is 5.74. The third kappa shape index (κ3) is 8.61. The number of halogens is 2. The summed E-state index contributed by atoms with van der Waals surface area (Å²) in [5.41, 5.74) is 1.35. The van der Waals surface area contributed by atoms with Crippen molar-refractivity contribution in [3.05, 3.63) is 100 Å². The average molecular weight is 513 g/mol. The van der Waals surface area contributed by atoms with Crippen molar-refractivity contribution in [3.8, 4) is 5.75 Å². The molecule has 0 heterocycles. The molecule has 0 bridgehead atoms. The van der Waals surface area contributed by atoms with Crippen LogP contribution in [0.15, 0.2) is 78.9 Å². The van der Waals surface area contributed by atoms with Crippen LogP contribution in [0.3, 0.4) is 0 Å². The molecule has 0 aromatic heterocycles. The Kier molecular flexibility index (Phi) is 9.19. The fraction of sp³-hybridized carbons (Fsp3) is 0.286. The molecule has 5 nitrogen and oxygen atoms in total. The molecule has 0 aliphatic carbocycles. The number of ether oxygens (including phenoxy) is 1. The molecule has 1 N–H and O–H groups in total. The monoisotopic (exact) mass is 512 g/mol. The lowest BCUT2D eigenvalue weighted by Crippen LogP contribution is -2.55. The van der Waals surface area contributed by atoms with Crippen LogP contribution >= 0.6 is 23.2 Å². The number of carbonyl (C=O) groups excluding carboxylic acids is 2. The van der Waals surface area contributed by atoms with Crippen LogP contribution < -0.4 is 10.1 Å². The van der Waals surface area contributed by atoms with Gasteiger partial charge in [-0.05, 0) is 68.3 Å². The topological polar surface area (TPSA) is 58.6 Å². The lowest BCUT2D eigenvalue weighted by atomic mass is 10.0. The summed E-state index contributed by atoms with van der Waals surface area (Å²) in [7, 11) is 0. The van der Waals surface area contributed by atoms with Crippen LogP contribution in [0.2, 0.25) is 10.0 Å². The van der Waals surface area contributed by atoms with Crippen molar-refractivity contribution in [2.24, 2.45) is 0 Å². The van der Waals surface area contributed by atoms with Gasteiger partial charge in [0.2, 0.25) is 5.91 Å². The molecule has 0 spiro atoms. The molecule has 35 heavy (non-hydrogen) atoms. The van der Waals surface area contributed by atoms with E-state index in [0.29, 0.717) is 22.2 Å². The molecule has 0 saturated heterocycles. The zero-order valence-corrected chi connectivity index (χ0v) is 21.6. The summed E-state index contributed by atoms with van der Waals surface area (Å²) in [6.07, 6.45) is 0.364. The van der Waals surface area contributed by atoms with Gasteiger partial charge in [-0.3, -0.25) is 9.59 Å². The number of amides is 2. The van der Waals surface area contributed by atoms with Crippen molar-refractivity contribution in [1.82, 2.24) is 10.2 Å². The number of benzene rings is 3. The van der Waals surface area contributed by atoms with Crippen molar-refractivity contribution >= 4 is 35.0 Å². The first kappa shape index (κ1) is 26.6. The van der Waals surface area contributed by atoms with Crippen LogP contribution in [0.25, 0.3) is 0 Å². The molecular weight excluding hydrogens is 483 g/mol. The summed E-state index contributed by atoms with van der Waals surface area (Å²) in [5.74, 6) is -0.0111. The average Bonchev–Trinajstić information content (AvgIpc) is 2.81. The van der Waals surface area contributed by atoms with Crippen molar-refractivity contribution in [2.45, 2.75) is 45.3 Å². The lowest BCUT2D eigenvalue weighted by Gasteiger charge is -2.33. The van der Waals surface area contributed by atoms with E-state index in [2.05, 4.69) is 5.32 Å². The second-order valence-electron chi connectivity index (χ2n) is 9.34. The van der Waals surface area contributed by atoms with Gasteiger partial charge in [0.15, 0.2) is 6.61 Å². The van der Waals surface area contributed by atoms with Gasteiger partial charge in [0.25, 0.3) is 5.91 Å². The molecular formula is C28H30Cl2N2O3. The Hall–Kier alpha value is -3.02. The second kappa shape index (κ2) is 12.1. The molecule has 184 valence electrons. The van der Waals surface area contributed by atoms with Gasteiger partial charge in [-0.25, -0.2) is 0 Å². The van der Waals surface area contributed by atoms with Gasteiger partial charge in [-0.1, -0.05) is 65.7 Å². The van der Waals surface area contributed by atoms with E-state index in [4.69, 9.17) is 27.9 Å². The molecule has 0 radical (unpaired) electrons. The third-order valence-electron chi connectivity index (χ3n) is 5.21. The smallest absolute Gasteiger partial charge is 0.261 e. The summed E-state index contributed by atoms with van der Waals surface area (Å²) in [5, 5.41) is 4.22. The summed E-state index contributed by atoms with van der Waals surface area (Å²) in [6, 6.07) is 23.0. The predicted octanol–water partition coefficient (Wildman–Crippen LogP) is 5.93. The van der Waals surface area contributed by atoms with Crippen LogP contribution in [0, 0.1) is 0 Å². The van der Waals surface area contributed by atoms with E-state index >= 15 is 0 Å². The standard InChI is InChI=1S/C28H30Cl2N2O3/c1-28(2,3)31-27(34)25(17-20-7-5-4-6-8-20)32(18-21-9-11-22(29)12-10-21)26(33)19-35-24-15-13-23(30)14-16-24/h4-16,25H,17-19H2,1-3H3,(H,31,34)/t25-/m0/s1. The molecule has 3 rings (SSSR count). The van der Waals surface area contributed by atoms with E-state index in [9.17, 15) is 9.59 Å². The first-order chi connectivity index (χ1) is 16.6. The number of nitrogens with one attached hydrogen (secondary N) is 1. The van der Waals surface area contributed by atoms with Gasteiger partial charge in [0.1, 0.15) is 11.8 Å². The lowest BCUT2D eigenvalue weighted by molar-refractivity contribution is -0.143. The Labute approximate surface area is 217 Å². The van der Waals surface area contributed by atoms with Crippen molar-refractivity contribution in [1.29, 1.82) is 0 Å². The summed E-state index contributed by atoms with van der Waals surface area (Å²) in [4.78, 5) is 28.6. The number of hydrogen-bond acceptors (Lipinski definition) is 3. The summed E-state index contributed by atoms with van der Waals surface area (Å²) >= 11 is 12.0. The minimum Gasteiger partial charge on any atom is -0.484 e. The third-order valence-corrected chi connectivity index (χ3v) is 5.72. The molecule has 0 aliphatic rings. The van der Waals surface area contributed by atoms with E-state index in [1.54, 1.807) is 41.3 Å². The number of carbonyl (C=O) groups is 2. The Balaban J connectivity index is 1.91. The van der Waals surface area contributed by atoms with Crippen molar-refractivity contribution in [2.75, 3.05) is 6.61 Å². The van der Waals surface area contributed by atoms with Gasteiger partial charge in [-0.15, -0.1) is 0 Å². The maximum Gasteiger partial charge on any atom is 0.261 e. The Morgan fingerprint density at radius 2 is 1.43 bits per heavy atom. The highest BCUT2D eigenvalue weighted by Gasteiger charge is 2.32. The Morgan fingerprint density at radius 3 is 2.00 bits per heavy atom. The molecule has 2 amide bonds. The minimum absolute atomic E-state index is 0.219. The molecule has 0 unspecified atom stereocenters. The fourth-order valence-electron chi connectivity index (χ4n) is 3.55. The van der Waals surface area contributed by atoms with Crippen molar-refractivity contribution < 1.29 is 14.3 Å². The predicted molar refractivity (Wildman–Crippen MR) is 141 cm³/mol. The number of rotatable bonds is 9. The Bertz CT molecular complexity index is 1110. The Morgan fingerprint density at radius 1 is 0.857 bits per heavy atom. The van der Waals surface area contributed by atoms with E-state index < -0.39 is 11.6 Å². The second-order valence-corrected chi connectivity index (χ2v) is 10.2. The molecule has 1 atom stereocenters. The molecule has 0 saturated carbocycles. The maximum atomic E-state index is 13.5. The van der Waals surface area contributed by atoms with Crippen LogP contribution in [0.1, 0.15) is 31.9 Å². The first-order valence-corrected chi connectivity index (χ1v) is 12.1. The van der Waals surface area contributed by atoms with Gasteiger partial charge >= 0.3 is 0 Å². The van der Waals surface area contributed by atoms with E-state index in [1.165, 1.54) is 0 Å². The highest BCUT2D eigenvalue weighted by atomic mass is 35.5. The zero-order valence-electron chi connectivity index (χ0n) is 20.1. The zero-order chi connectivity index (χ0) is 25.4. The minimum atomic E-state index is -0.742. The van der Waals surface area contributed by atoms with Crippen LogP contribution in [-0.2, 0) is 22.6 Å². The van der Waals surface area contributed by atoms with Gasteiger partial charge < -0.3 is 15.0 Å². The van der Waals surface area contributed by atoms with E-state index in [0.717, 1.165) is 11.1 Å². The van der Waals surface area contributed by atoms with Gasteiger partial charge in [-0.2, -0.15) is 0 Å². The van der Waals surface area contributed by atoms with E-state index in [-0.39, 0.29) is 25.0 Å². The van der Waals surface area contributed by atoms with E-state index in [1.807, 2.05) is 63.2 Å². The SMILES string of the molecule is CC(C)(C)NC(=O)[C@H](Cc1ccccc1)N(Cc1ccc(Cl)cc1)C(=O)COc1ccc(Cl)cc1. The quantitative estimate of drug-likeness (QED) is 0.386.